The van der Waals surface area contributed by atoms with Crippen LogP contribution in [0.15, 0.2) is 24.4 Å². The van der Waals surface area contributed by atoms with Gasteiger partial charge in [0.2, 0.25) is 0 Å². The molecule has 0 aliphatic carbocycles. The van der Waals surface area contributed by atoms with Crippen LogP contribution in [0.5, 0.6) is 0 Å². The Balaban J connectivity index is 2.58. The van der Waals surface area contributed by atoms with Crippen molar-refractivity contribution in [1.82, 2.24) is 4.98 Å². The Labute approximate surface area is 89.3 Å². The summed E-state index contributed by atoms with van der Waals surface area (Å²) in [5.74, 6) is 0.366. The lowest BCUT2D eigenvalue weighted by molar-refractivity contribution is 0.637. The van der Waals surface area contributed by atoms with Crippen LogP contribution in [0.2, 0.25) is 0 Å². The Hall–Kier alpha value is -1.31. The number of aromatic nitrogens is 1. The number of para-hydroxylation sites is 1. The van der Waals surface area contributed by atoms with Crippen molar-refractivity contribution in [3.63, 3.8) is 0 Å². The molecule has 0 fully saturated rings. The van der Waals surface area contributed by atoms with E-state index in [4.69, 9.17) is 0 Å². The topological polar surface area (TPSA) is 15.8 Å². The molecule has 0 spiro atoms. The maximum Gasteiger partial charge on any atom is 0.147 e. The fraction of sp³-hybridized carbons (Fsp3) is 0.385. The molecule has 1 aromatic heterocycles. The van der Waals surface area contributed by atoms with E-state index in [-0.39, 0.29) is 5.82 Å². The number of nitrogens with one attached hydrogen (secondary N) is 1. The molecule has 80 valence electrons. The van der Waals surface area contributed by atoms with Crippen molar-refractivity contribution in [3.05, 3.63) is 35.8 Å². The van der Waals surface area contributed by atoms with Gasteiger partial charge in [-0.1, -0.05) is 26.0 Å². The lowest BCUT2D eigenvalue weighted by atomic mass is 9.94. The normalized spacial score (nSPS) is 11.5. The first-order valence-corrected chi connectivity index (χ1v) is 5.53. The molecule has 1 N–H and O–H groups in total. The molecule has 0 radical (unpaired) electrons. The van der Waals surface area contributed by atoms with Crippen molar-refractivity contribution in [1.29, 1.82) is 0 Å². The van der Waals surface area contributed by atoms with Gasteiger partial charge in [-0.25, -0.2) is 4.39 Å². The number of aromatic amines is 1. The Bertz CT molecular complexity index is 455. The van der Waals surface area contributed by atoms with E-state index in [0.29, 0.717) is 11.4 Å². The Kier molecular flexibility index (Phi) is 2.76. The third-order valence-corrected chi connectivity index (χ3v) is 3.12. The highest BCUT2D eigenvalue weighted by Gasteiger charge is 2.13. The molecule has 0 saturated heterocycles. The minimum absolute atomic E-state index is 0.162. The Morgan fingerprint density at radius 2 is 2.00 bits per heavy atom. The zero-order chi connectivity index (χ0) is 10.8. The molecule has 0 saturated carbocycles. The number of hydrogen-bond acceptors (Lipinski definition) is 0. The van der Waals surface area contributed by atoms with E-state index in [1.54, 1.807) is 6.07 Å². The minimum atomic E-state index is -0.162. The van der Waals surface area contributed by atoms with Gasteiger partial charge in [-0.05, 0) is 30.4 Å². The summed E-state index contributed by atoms with van der Waals surface area (Å²) in [4.78, 5) is 3.03. The zero-order valence-electron chi connectivity index (χ0n) is 9.18. The van der Waals surface area contributed by atoms with Gasteiger partial charge in [-0.15, -0.1) is 0 Å². The minimum Gasteiger partial charge on any atom is -0.359 e. The van der Waals surface area contributed by atoms with Crippen LogP contribution in [-0.2, 0) is 0 Å². The quantitative estimate of drug-likeness (QED) is 0.772. The molecule has 0 aliphatic heterocycles. The van der Waals surface area contributed by atoms with Crippen LogP contribution in [0, 0.1) is 5.82 Å². The van der Waals surface area contributed by atoms with Gasteiger partial charge in [-0.2, -0.15) is 0 Å². The SMILES string of the molecule is CCC(CC)c1c[nH]c2c(F)cccc12. The molecule has 0 bridgehead atoms. The summed E-state index contributed by atoms with van der Waals surface area (Å²) >= 11 is 0. The standard InChI is InChI=1S/C13H16FN/c1-3-9(4-2)11-8-15-13-10(11)6-5-7-12(13)14/h5-9,15H,3-4H2,1-2H3. The van der Waals surface area contributed by atoms with Crippen LogP contribution in [0.1, 0.15) is 38.2 Å². The number of halogens is 1. The second kappa shape index (κ2) is 4.05. The molecule has 1 nitrogen and oxygen atoms in total. The van der Waals surface area contributed by atoms with Gasteiger partial charge in [0.25, 0.3) is 0 Å². The van der Waals surface area contributed by atoms with E-state index in [0.717, 1.165) is 18.2 Å². The fourth-order valence-electron chi connectivity index (χ4n) is 2.21. The zero-order valence-corrected chi connectivity index (χ0v) is 9.18. The summed E-state index contributed by atoms with van der Waals surface area (Å²) in [5.41, 5.74) is 1.88. The summed E-state index contributed by atoms with van der Waals surface area (Å²) in [6.45, 7) is 4.35. The first-order chi connectivity index (χ1) is 7.27. The third kappa shape index (κ3) is 1.65. The predicted octanol–water partition coefficient (Wildman–Crippen LogP) is 4.21. The number of rotatable bonds is 3. The van der Waals surface area contributed by atoms with Crippen LogP contribution in [0.3, 0.4) is 0 Å². The van der Waals surface area contributed by atoms with Crippen molar-refractivity contribution in [2.45, 2.75) is 32.6 Å². The Morgan fingerprint density at radius 3 is 2.67 bits per heavy atom. The van der Waals surface area contributed by atoms with Gasteiger partial charge in [0.15, 0.2) is 0 Å². The first-order valence-electron chi connectivity index (χ1n) is 5.53. The highest BCUT2D eigenvalue weighted by Crippen LogP contribution is 2.30. The average Bonchev–Trinajstić information content (AvgIpc) is 2.66. The van der Waals surface area contributed by atoms with E-state index >= 15 is 0 Å². The summed E-state index contributed by atoms with van der Waals surface area (Å²) in [6, 6.07) is 5.26. The molecule has 15 heavy (non-hydrogen) atoms. The second-order valence-corrected chi connectivity index (χ2v) is 3.92. The summed E-state index contributed by atoms with van der Waals surface area (Å²) in [6.07, 6.45) is 4.14. The lowest BCUT2D eigenvalue weighted by Crippen LogP contribution is -1.93. The van der Waals surface area contributed by atoms with Crippen molar-refractivity contribution >= 4 is 10.9 Å². The van der Waals surface area contributed by atoms with Crippen molar-refractivity contribution < 1.29 is 4.39 Å². The van der Waals surface area contributed by atoms with Gasteiger partial charge in [0.1, 0.15) is 5.82 Å². The second-order valence-electron chi connectivity index (χ2n) is 3.92. The van der Waals surface area contributed by atoms with Gasteiger partial charge >= 0.3 is 0 Å². The molecule has 0 atom stereocenters. The maximum absolute atomic E-state index is 13.4. The molecule has 1 heterocycles. The van der Waals surface area contributed by atoms with Gasteiger partial charge < -0.3 is 4.98 Å². The highest BCUT2D eigenvalue weighted by atomic mass is 19.1. The fourth-order valence-corrected chi connectivity index (χ4v) is 2.21. The average molecular weight is 205 g/mol. The lowest BCUT2D eigenvalue weighted by Gasteiger charge is -2.10. The van der Waals surface area contributed by atoms with Crippen LogP contribution >= 0.6 is 0 Å². The number of H-pyrrole nitrogens is 1. The van der Waals surface area contributed by atoms with Crippen molar-refractivity contribution in [3.8, 4) is 0 Å². The van der Waals surface area contributed by atoms with Gasteiger partial charge in [0, 0.05) is 11.6 Å². The molecule has 0 aliphatic rings. The summed E-state index contributed by atoms with van der Waals surface area (Å²) in [5, 5.41) is 1.03. The molecule has 0 amide bonds. The number of hydrogen-bond donors (Lipinski definition) is 1. The maximum atomic E-state index is 13.4. The monoisotopic (exact) mass is 205 g/mol. The van der Waals surface area contributed by atoms with Crippen LogP contribution in [-0.4, -0.2) is 4.98 Å². The molecular weight excluding hydrogens is 189 g/mol. The van der Waals surface area contributed by atoms with Gasteiger partial charge in [-0.3, -0.25) is 0 Å². The predicted molar refractivity (Wildman–Crippen MR) is 61.6 cm³/mol. The van der Waals surface area contributed by atoms with E-state index in [1.165, 1.54) is 11.6 Å². The van der Waals surface area contributed by atoms with E-state index in [9.17, 15) is 4.39 Å². The molecule has 1 aromatic carbocycles. The first kappa shape index (κ1) is 10.2. The largest absolute Gasteiger partial charge is 0.359 e. The summed E-state index contributed by atoms with van der Waals surface area (Å²) in [7, 11) is 0. The number of benzene rings is 1. The van der Waals surface area contributed by atoms with Crippen molar-refractivity contribution in [2.24, 2.45) is 0 Å². The van der Waals surface area contributed by atoms with E-state index < -0.39 is 0 Å². The Morgan fingerprint density at radius 1 is 1.27 bits per heavy atom. The van der Waals surface area contributed by atoms with E-state index in [2.05, 4.69) is 18.8 Å². The number of fused-ring (bicyclic) bond motifs is 1. The molecule has 0 unspecified atom stereocenters. The third-order valence-electron chi connectivity index (χ3n) is 3.12. The van der Waals surface area contributed by atoms with E-state index in [1.807, 2.05) is 12.3 Å². The molecule has 2 rings (SSSR count). The molecule has 2 heteroatoms. The smallest absolute Gasteiger partial charge is 0.147 e. The summed E-state index contributed by atoms with van der Waals surface area (Å²) < 4.78 is 13.4. The van der Waals surface area contributed by atoms with Crippen LogP contribution < -0.4 is 0 Å². The molecule has 2 aromatic rings. The molecular formula is C13H16FN. The van der Waals surface area contributed by atoms with Gasteiger partial charge in [0.05, 0.1) is 5.52 Å². The van der Waals surface area contributed by atoms with Crippen LogP contribution in [0.25, 0.3) is 10.9 Å². The van der Waals surface area contributed by atoms with Crippen LogP contribution in [0.4, 0.5) is 4.39 Å². The van der Waals surface area contributed by atoms with Crippen molar-refractivity contribution in [2.75, 3.05) is 0 Å². The highest BCUT2D eigenvalue weighted by molar-refractivity contribution is 5.84.